The van der Waals surface area contributed by atoms with E-state index in [-0.39, 0.29) is 6.03 Å². The van der Waals surface area contributed by atoms with Crippen LogP contribution in [0.15, 0.2) is 18.2 Å². The second-order valence-electron chi connectivity index (χ2n) is 7.54. The van der Waals surface area contributed by atoms with Crippen LogP contribution in [-0.2, 0) is 17.7 Å². The van der Waals surface area contributed by atoms with E-state index in [1.54, 1.807) is 6.07 Å². The van der Waals surface area contributed by atoms with E-state index in [4.69, 9.17) is 10.5 Å². The van der Waals surface area contributed by atoms with E-state index < -0.39 is 5.91 Å². The summed E-state index contributed by atoms with van der Waals surface area (Å²) in [5.41, 5.74) is 8.46. The third-order valence-electron chi connectivity index (χ3n) is 6.17. The number of carbonyl (C=O) groups excluding carboxylic acids is 2. The third-order valence-corrected chi connectivity index (χ3v) is 6.17. The number of primary amides is 1. The molecule has 1 unspecified atom stereocenters. The summed E-state index contributed by atoms with van der Waals surface area (Å²) in [5, 5.41) is 3.11. The number of benzene rings is 1. The number of carbonyl (C=O) groups is 2. The van der Waals surface area contributed by atoms with Crippen LogP contribution in [0.4, 0.5) is 4.79 Å². The van der Waals surface area contributed by atoms with Gasteiger partial charge < -0.3 is 20.7 Å². The highest BCUT2D eigenvalue weighted by Crippen LogP contribution is 2.58. The van der Waals surface area contributed by atoms with E-state index >= 15 is 0 Å². The van der Waals surface area contributed by atoms with Crippen molar-refractivity contribution in [1.82, 2.24) is 10.2 Å². The van der Waals surface area contributed by atoms with Gasteiger partial charge in [0.1, 0.15) is 0 Å². The van der Waals surface area contributed by atoms with Gasteiger partial charge in [0.25, 0.3) is 0 Å². The summed E-state index contributed by atoms with van der Waals surface area (Å²) >= 11 is 0. The molecule has 2 fully saturated rings. The molecule has 25 heavy (non-hydrogen) atoms. The minimum atomic E-state index is -0.398. The van der Waals surface area contributed by atoms with Crippen molar-refractivity contribution in [2.24, 2.45) is 17.1 Å². The van der Waals surface area contributed by atoms with E-state index in [1.807, 2.05) is 17.0 Å². The molecule has 0 aromatic heterocycles. The van der Waals surface area contributed by atoms with Crippen LogP contribution in [0.3, 0.4) is 0 Å². The Bertz CT molecular complexity index is 697. The number of amides is 3. The molecule has 0 bridgehead atoms. The zero-order chi connectivity index (χ0) is 17.4. The van der Waals surface area contributed by atoms with Crippen molar-refractivity contribution in [3.63, 3.8) is 0 Å². The Kier molecular flexibility index (Phi) is 4.15. The summed E-state index contributed by atoms with van der Waals surface area (Å²) < 4.78 is 5.45. The molecule has 1 atom stereocenters. The number of urea groups is 1. The molecule has 6 heteroatoms. The molecule has 4 rings (SSSR count). The Morgan fingerprint density at radius 2 is 2.12 bits per heavy atom. The van der Waals surface area contributed by atoms with E-state index in [1.165, 1.54) is 6.42 Å². The van der Waals surface area contributed by atoms with Crippen LogP contribution in [0.5, 0.6) is 0 Å². The molecule has 134 valence electrons. The van der Waals surface area contributed by atoms with Gasteiger partial charge in [-0.05, 0) is 54.2 Å². The lowest BCUT2D eigenvalue weighted by atomic mass is 9.94. The maximum Gasteiger partial charge on any atom is 0.317 e. The Balaban J connectivity index is 1.34. The zero-order valence-corrected chi connectivity index (χ0v) is 14.4. The van der Waals surface area contributed by atoms with Crippen LogP contribution in [0.1, 0.15) is 40.7 Å². The van der Waals surface area contributed by atoms with Crippen LogP contribution < -0.4 is 11.1 Å². The van der Waals surface area contributed by atoms with Gasteiger partial charge in [-0.15, -0.1) is 0 Å². The topological polar surface area (TPSA) is 84.7 Å². The molecule has 3 N–H and O–H groups in total. The predicted octanol–water partition coefficient (Wildman–Crippen LogP) is 1.67. The van der Waals surface area contributed by atoms with E-state index in [2.05, 4.69) is 5.32 Å². The highest BCUT2D eigenvalue weighted by molar-refractivity contribution is 5.94. The van der Waals surface area contributed by atoms with Gasteiger partial charge >= 0.3 is 6.03 Å². The fraction of sp³-hybridized carbons (Fsp3) is 0.579. The van der Waals surface area contributed by atoms with Gasteiger partial charge in [-0.1, -0.05) is 12.1 Å². The monoisotopic (exact) mass is 343 g/mol. The number of nitrogens with zero attached hydrogens (tertiary/aromatic N) is 1. The molecule has 3 amide bonds. The summed E-state index contributed by atoms with van der Waals surface area (Å²) in [6, 6.07) is 5.56. The van der Waals surface area contributed by atoms with Crippen LogP contribution in [0.2, 0.25) is 0 Å². The molecular weight excluding hydrogens is 318 g/mol. The molecule has 1 spiro atoms. The van der Waals surface area contributed by atoms with Gasteiger partial charge in [0.15, 0.2) is 0 Å². The Labute approximate surface area is 147 Å². The number of hydrogen-bond donors (Lipinski definition) is 2. The van der Waals surface area contributed by atoms with Crippen molar-refractivity contribution in [1.29, 1.82) is 0 Å². The summed E-state index contributed by atoms with van der Waals surface area (Å²) in [5.74, 6) is 0.198. The van der Waals surface area contributed by atoms with Crippen LogP contribution in [0, 0.1) is 11.3 Å². The maximum atomic E-state index is 12.5. The largest absolute Gasteiger partial charge is 0.381 e. The molecule has 6 nitrogen and oxygen atoms in total. The smallest absolute Gasteiger partial charge is 0.317 e. The summed E-state index contributed by atoms with van der Waals surface area (Å²) in [6.45, 7) is 3.62. The Hall–Kier alpha value is -2.08. The normalized spacial score (nSPS) is 23.8. The quantitative estimate of drug-likeness (QED) is 0.875. The lowest BCUT2D eigenvalue weighted by molar-refractivity contribution is 0.0521. The van der Waals surface area contributed by atoms with Crippen LogP contribution in [-0.4, -0.2) is 43.1 Å². The minimum absolute atomic E-state index is 0.00997. The highest BCUT2D eigenvalue weighted by Gasteiger charge is 2.53. The number of nitrogens with two attached hydrogens (primary N) is 1. The maximum absolute atomic E-state index is 12.5. The van der Waals surface area contributed by atoms with E-state index in [0.29, 0.717) is 36.4 Å². The summed E-state index contributed by atoms with van der Waals surface area (Å²) in [4.78, 5) is 25.9. The van der Waals surface area contributed by atoms with Gasteiger partial charge in [-0.3, -0.25) is 4.79 Å². The van der Waals surface area contributed by atoms with Gasteiger partial charge in [-0.25, -0.2) is 4.79 Å². The molecule has 1 saturated heterocycles. The molecule has 1 saturated carbocycles. The predicted molar refractivity (Wildman–Crippen MR) is 93.1 cm³/mol. The first-order valence-electron chi connectivity index (χ1n) is 9.10. The number of rotatable bonds is 3. The van der Waals surface area contributed by atoms with Gasteiger partial charge in [0, 0.05) is 38.4 Å². The number of fused-ring (bicyclic) bond motifs is 1. The van der Waals surface area contributed by atoms with Crippen LogP contribution >= 0.6 is 0 Å². The molecule has 1 aliphatic carbocycles. The molecule has 2 aliphatic heterocycles. The standard InChI is InChI=1S/C19H25N3O3/c20-17(23)16-3-1-2-13-12-22(7-4-15(13)16)18(24)21-11-14-10-19(14)5-8-25-9-6-19/h1-3,14H,4-12H2,(H2,20,23)(H,21,24). The fourth-order valence-corrected chi connectivity index (χ4v) is 4.45. The first-order valence-corrected chi connectivity index (χ1v) is 9.10. The van der Waals surface area contributed by atoms with Gasteiger partial charge in [0.05, 0.1) is 0 Å². The SMILES string of the molecule is NC(=O)c1cccc2c1CCN(C(=O)NCC1CC13CCOCC3)C2. The van der Waals surface area contributed by atoms with Gasteiger partial charge in [0.2, 0.25) is 5.91 Å². The first-order chi connectivity index (χ1) is 12.1. The van der Waals surface area contributed by atoms with Crippen LogP contribution in [0.25, 0.3) is 0 Å². The van der Waals surface area contributed by atoms with E-state index in [9.17, 15) is 9.59 Å². The molecule has 1 aromatic carbocycles. The van der Waals surface area contributed by atoms with Gasteiger partial charge in [-0.2, -0.15) is 0 Å². The number of hydrogen-bond acceptors (Lipinski definition) is 3. The summed E-state index contributed by atoms with van der Waals surface area (Å²) in [6.07, 6.45) is 4.13. The van der Waals surface area contributed by atoms with Crippen molar-refractivity contribution in [2.45, 2.75) is 32.2 Å². The lowest BCUT2D eigenvalue weighted by Crippen LogP contribution is -2.44. The fourth-order valence-electron chi connectivity index (χ4n) is 4.45. The molecule has 0 radical (unpaired) electrons. The second-order valence-corrected chi connectivity index (χ2v) is 7.54. The highest BCUT2D eigenvalue weighted by atomic mass is 16.5. The summed E-state index contributed by atoms with van der Waals surface area (Å²) in [7, 11) is 0. The third kappa shape index (κ3) is 3.11. The Morgan fingerprint density at radius 1 is 1.32 bits per heavy atom. The molecule has 1 aromatic rings. The van der Waals surface area contributed by atoms with Crippen molar-refractivity contribution in [3.05, 3.63) is 34.9 Å². The zero-order valence-electron chi connectivity index (χ0n) is 14.4. The van der Waals surface area contributed by atoms with Crippen molar-refractivity contribution in [3.8, 4) is 0 Å². The first kappa shape index (κ1) is 16.4. The minimum Gasteiger partial charge on any atom is -0.381 e. The molecular formula is C19H25N3O3. The number of ether oxygens (including phenoxy) is 1. The average molecular weight is 343 g/mol. The lowest BCUT2D eigenvalue weighted by Gasteiger charge is -2.30. The van der Waals surface area contributed by atoms with Crippen molar-refractivity contribution >= 4 is 11.9 Å². The average Bonchev–Trinajstić information content (AvgIpc) is 3.30. The Morgan fingerprint density at radius 3 is 2.88 bits per heavy atom. The van der Waals surface area contributed by atoms with Crippen molar-refractivity contribution in [2.75, 3.05) is 26.3 Å². The van der Waals surface area contributed by atoms with Crippen molar-refractivity contribution < 1.29 is 14.3 Å². The molecule has 2 heterocycles. The van der Waals surface area contributed by atoms with E-state index in [0.717, 1.165) is 43.7 Å². The number of nitrogens with one attached hydrogen (secondary N) is 1. The second kappa shape index (κ2) is 6.33. The molecule has 3 aliphatic rings.